The number of nitrogens with one attached hydrogen (secondary N) is 1. The first kappa shape index (κ1) is 15.5. The van der Waals surface area contributed by atoms with Crippen molar-refractivity contribution >= 4 is 0 Å². The zero-order chi connectivity index (χ0) is 14.6. The molecule has 1 saturated carbocycles. The molecule has 0 amide bonds. The van der Waals surface area contributed by atoms with Crippen molar-refractivity contribution in [3.8, 4) is 0 Å². The van der Waals surface area contributed by atoms with Gasteiger partial charge in [-0.2, -0.15) is 0 Å². The van der Waals surface area contributed by atoms with Gasteiger partial charge in [0.25, 0.3) is 0 Å². The average molecular weight is 274 g/mol. The highest BCUT2D eigenvalue weighted by atomic mass is 15.1. The van der Waals surface area contributed by atoms with Crippen LogP contribution >= 0.6 is 0 Å². The Morgan fingerprint density at radius 3 is 2.25 bits per heavy atom. The molecule has 2 atom stereocenters. The van der Waals surface area contributed by atoms with E-state index in [1.54, 1.807) is 0 Å². The van der Waals surface area contributed by atoms with Crippen molar-refractivity contribution in [1.29, 1.82) is 0 Å². The first-order valence-corrected chi connectivity index (χ1v) is 7.97. The SMILES string of the molecule is CC1CC(C)CC(NCCN(C)C)(c2ccccc2)C1. The van der Waals surface area contributed by atoms with Crippen LogP contribution in [0.25, 0.3) is 0 Å². The molecule has 1 aliphatic rings. The van der Waals surface area contributed by atoms with E-state index >= 15 is 0 Å². The lowest BCUT2D eigenvalue weighted by molar-refractivity contribution is 0.140. The van der Waals surface area contributed by atoms with Crippen molar-refractivity contribution in [2.75, 3.05) is 27.2 Å². The summed E-state index contributed by atoms with van der Waals surface area (Å²) in [6, 6.07) is 11.1. The summed E-state index contributed by atoms with van der Waals surface area (Å²) in [6.45, 7) is 6.96. The van der Waals surface area contributed by atoms with Gasteiger partial charge in [0.05, 0.1) is 0 Å². The summed E-state index contributed by atoms with van der Waals surface area (Å²) in [5, 5.41) is 3.90. The minimum absolute atomic E-state index is 0.175. The predicted molar refractivity (Wildman–Crippen MR) is 86.9 cm³/mol. The molecule has 2 nitrogen and oxygen atoms in total. The molecule has 1 fully saturated rings. The summed E-state index contributed by atoms with van der Waals surface area (Å²) in [7, 11) is 4.28. The van der Waals surface area contributed by atoms with Gasteiger partial charge in [-0.05, 0) is 50.8 Å². The highest BCUT2D eigenvalue weighted by Gasteiger charge is 2.38. The molecule has 0 bridgehead atoms. The number of rotatable bonds is 5. The van der Waals surface area contributed by atoms with Crippen molar-refractivity contribution in [3.05, 3.63) is 35.9 Å². The van der Waals surface area contributed by atoms with E-state index in [9.17, 15) is 0 Å². The van der Waals surface area contributed by atoms with E-state index in [-0.39, 0.29) is 5.54 Å². The summed E-state index contributed by atoms with van der Waals surface area (Å²) >= 11 is 0. The summed E-state index contributed by atoms with van der Waals surface area (Å²) < 4.78 is 0. The Hall–Kier alpha value is -0.860. The van der Waals surface area contributed by atoms with E-state index in [0.29, 0.717) is 0 Å². The van der Waals surface area contributed by atoms with Gasteiger partial charge in [0.1, 0.15) is 0 Å². The van der Waals surface area contributed by atoms with Gasteiger partial charge < -0.3 is 10.2 Å². The Balaban J connectivity index is 2.19. The lowest BCUT2D eigenvalue weighted by Gasteiger charge is -2.44. The minimum atomic E-state index is 0.175. The molecule has 0 heterocycles. The lowest BCUT2D eigenvalue weighted by atomic mass is 9.68. The summed E-state index contributed by atoms with van der Waals surface area (Å²) in [5.41, 5.74) is 1.64. The average Bonchev–Trinajstić information content (AvgIpc) is 2.38. The van der Waals surface area contributed by atoms with Crippen LogP contribution in [-0.4, -0.2) is 32.1 Å². The number of benzene rings is 1. The zero-order valence-electron chi connectivity index (χ0n) is 13.5. The second-order valence-corrected chi connectivity index (χ2v) is 7.03. The van der Waals surface area contributed by atoms with Crippen molar-refractivity contribution in [3.63, 3.8) is 0 Å². The number of nitrogens with zero attached hydrogens (tertiary/aromatic N) is 1. The quantitative estimate of drug-likeness (QED) is 0.884. The predicted octanol–water partition coefficient (Wildman–Crippen LogP) is 3.49. The van der Waals surface area contributed by atoms with Crippen LogP contribution in [0.2, 0.25) is 0 Å². The summed E-state index contributed by atoms with van der Waals surface area (Å²) in [4.78, 5) is 2.25. The largest absolute Gasteiger partial charge is 0.308 e. The van der Waals surface area contributed by atoms with Gasteiger partial charge in [-0.3, -0.25) is 0 Å². The molecule has 0 saturated heterocycles. The Labute approximate surface area is 124 Å². The van der Waals surface area contributed by atoms with Crippen molar-refractivity contribution in [2.24, 2.45) is 11.8 Å². The molecular formula is C18H30N2. The Morgan fingerprint density at radius 1 is 1.10 bits per heavy atom. The van der Waals surface area contributed by atoms with E-state index in [4.69, 9.17) is 0 Å². The number of likely N-dealkylation sites (N-methyl/N-ethyl adjacent to an activating group) is 1. The van der Waals surface area contributed by atoms with E-state index in [0.717, 1.165) is 24.9 Å². The molecule has 1 N–H and O–H groups in total. The standard InChI is InChI=1S/C18H30N2/c1-15-12-16(2)14-18(13-15,19-10-11-20(3)4)17-8-6-5-7-9-17/h5-9,15-16,19H,10-14H2,1-4H3. The zero-order valence-corrected chi connectivity index (χ0v) is 13.5. The van der Waals surface area contributed by atoms with Crippen LogP contribution in [0.4, 0.5) is 0 Å². The summed E-state index contributed by atoms with van der Waals surface area (Å²) in [5.74, 6) is 1.59. The van der Waals surface area contributed by atoms with Crippen molar-refractivity contribution in [2.45, 2.75) is 38.6 Å². The molecule has 2 unspecified atom stereocenters. The molecule has 1 aliphatic carbocycles. The van der Waals surface area contributed by atoms with Crippen LogP contribution in [-0.2, 0) is 5.54 Å². The Bertz CT molecular complexity index is 389. The van der Waals surface area contributed by atoms with Crippen LogP contribution in [0, 0.1) is 11.8 Å². The molecule has 1 aromatic carbocycles. The first-order valence-electron chi connectivity index (χ1n) is 7.97. The van der Waals surface area contributed by atoms with E-state index < -0.39 is 0 Å². The lowest BCUT2D eigenvalue weighted by Crippen LogP contribution is -2.49. The van der Waals surface area contributed by atoms with Crippen LogP contribution in [0.15, 0.2) is 30.3 Å². The van der Waals surface area contributed by atoms with Gasteiger partial charge in [-0.25, -0.2) is 0 Å². The molecular weight excluding hydrogens is 244 g/mol. The highest BCUT2D eigenvalue weighted by Crippen LogP contribution is 2.42. The maximum absolute atomic E-state index is 3.90. The van der Waals surface area contributed by atoms with Crippen LogP contribution in [0.3, 0.4) is 0 Å². The van der Waals surface area contributed by atoms with Gasteiger partial charge in [-0.1, -0.05) is 44.2 Å². The topological polar surface area (TPSA) is 15.3 Å². The molecule has 1 aromatic rings. The Kier molecular flexibility index (Phi) is 5.22. The minimum Gasteiger partial charge on any atom is -0.308 e. The van der Waals surface area contributed by atoms with Gasteiger partial charge >= 0.3 is 0 Å². The first-order chi connectivity index (χ1) is 9.52. The fourth-order valence-corrected chi connectivity index (χ4v) is 3.88. The van der Waals surface area contributed by atoms with Crippen LogP contribution in [0.5, 0.6) is 0 Å². The van der Waals surface area contributed by atoms with Crippen molar-refractivity contribution < 1.29 is 0 Å². The fourth-order valence-electron chi connectivity index (χ4n) is 3.88. The van der Waals surface area contributed by atoms with Gasteiger partial charge in [0, 0.05) is 18.6 Å². The van der Waals surface area contributed by atoms with E-state index in [1.165, 1.54) is 24.8 Å². The number of hydrogen-bond donors (Lipinski definition) is 1. The highest BCUT2D eigenvalue weighted by molar-refractivity contribution is 5.25. The molecule has 0 aromatic heterocycles. The molecule has 2 rings (SSSR count). The summed E-state index contributed by atoms with van der Waals surface area (Å²) in [6.07, 6.45) is 3.88. The van der Waals surface area contributed by atoms with Gasteiger partial charge in [0.15, 0.2) is 0 Å². The van der Waals surface area contributed by atoms with E-state index in [2.05, 4.69) is 68.5 Å². The second kappa shape index (κ2) is 6.73. The molecule has 20 heavy (non-hydrogen) atoms. The fraction of sp³-hybridized carbons (Fsp3) is 0.667. The molecule has 2 heteroatoms. The van der Waals surface area contributed by atoms with Crippen LogP contribution < -0.4 is 5.32 Å². The maximum atomic E-state index is 3.90. The Morgan fingerprint density at radius 2 is 1.70 bits per heavy atom. The van der Waals surface area contributed by atoms with Crippen molar-refractivity contribution in [1.82, 2.24) is 10.2 Å². The number of hydrogen-bond acceptors (Lipinski definition) is 2. The second-order valence-electron chi connectivity index (χ2n) is 7.03. The molecule has 0 aliphatic heterocycles. The van der Waals surface area contributed by atoms with Crippen LogP contribution in [0.1, 0.15) is 38.7 Å². The van der Waals surface area contributed by atoms with E-state index in [1.807, 2.05) is 0 Å². The van der Waals surface area contributed by atoms with Gasteiger partial charge in [-0.15, -0.1) is 0 Å². The van der Waals surface area contributed by atoms with Gasteiger partial charge in [0.2, 0.25) is 0 Å². The smallest absolute Gasteiger partial charge is 0.0440 e. The maximum Gasteiger partial charge on any atom is 0.0440 e. The normalized spacial score (nSPS) is 30.6. The molecule has 112 valence electrons. The molecule has 0 radical (unpaired) electrons. The molecule has 0 spiro atoms. The third-order valence-corrected chi connectivity index (χ3v) is 4.55. The third-order valence-electron chi connectivity index (χ3n) is 4.55. The monoisotopic (exact) mass is 274 g/mol. The third kappa shape index (κ3) is 3.83.